The van der Waals surface area contributed by atoms with Crippen molar-refractivity contribution in [2.75, 3.05) is 21.3 Å². The lowest BCUT2D eigenvalue weighted by Gasteiger charge is -2.18. The molecule has 0 aliphatic rings. The molecule has 0 saturated heterocycles. The zero-order valence-corrected chi connectivity index (χ0v) is 18.8. The van der Waals surface area contributed by atoms with Gasteiger partial charge in [-0.25, -0.2) is 0 Å². The number of aromatic amines is 1. The van der Waals surface area contributed by atoms with E-state index in [1.807, 2.05) is 54.0 Å². The number of hydrogen-bond acceptors (Lipinski definition) is 6. The van der Waals surface area contributed by atoms with Crippen LogP contribution >= 0.6 is 12.2 Å². The van der Waals surface area contributed by atoms with Crippen LogP contribution in [-0.2, 0) is 11.3 Å². The number of amides is 1. The Labute approximate surface area is 186 Å². The van der Waals surface area contributed by atoms with Crippen LogP contribution in [0.3, 0.4) is 0 Å². The summed E-state index contributed by atoms with van der Waals surface area (Å²) in [7, 11) is 4.82. The number of benzene rings is 2. The second kappa shape index (κ2) is 10.1. The van der Waals surface area contributed by atoms with Crippen LogP contribution in [0.5, 0.6) is 17.2 Å². The summed E-state index contributed by atoms with van der Waals surface area (Å²) in [6.07, 6.45) is 0.244. The van der Waals surface area contributed by atoms with Gasteiger partial charge in [-0.2, -0.15) is 5.10 Å². The fourth-order valence-corrected chi connectivity index (χ4v) is 3.49. The Hall–Kier alpha value is -3.33. The number of hydrogen-bond donors (Lipinski definition) is 2. The van der Waals surface area contributed by atoms with Crippen LogP contribution in [0.1, 0.15) is 24.9 Å². The predicted molar refractivity (Wildman–Crippen MR) is 120 cm³/mol. The van der Waals surface area contributed by atoms with Gasteiger partial charge in [0.2, 0.25) is 5.91 Å². The first kappa shape index (κ1) is 22.4. The highest BCUT2D eigenvalue weighted by molar-refractivity contribution is 7.71. The molecule has 31 heavy (non-hydrogen) atoms. The zero-order chi connectivity index (χ0) is 22.4. The molecule has 1 amide bonds. The first-order valence-corrected chi connectivity index (χ1v) is 10.2. The summed E-state index contributed by atoms with van der Waals surface area (Å²) in [5.74, 6) is 2.70. The van der Waals surface area contributed by atoms with Gasteiger partial charge in [0.15, 0.2) is 10.6 Å². The van der Waals surface area contributed by atoms with Crippen molar-refractivity contribution in [3.05, 3.63) is 52.8 Å². The molecule has 0 spiro atoms. The van der Waals surface area contributed by atoms with Gasteiger partial charge in [-0.15, -0.1) is 0 Å². The van der Waals surface area contributed by atoms with Gasteiger partial charge in [0.1, 0.15) is 17.2 Å². The molecular formula is C22H26N4O4S. The number of aromatic nitrogens is 3. The third-order valence-electron chi connectivity index (χ3n) is 4.95. The van der Waals surface area contributed by atoms with E-state index >= 15 is 0 Å². The maximum Gasteiger partial charge on any atom is 0.222 e. The van der Waals surface area contributed by atoms with E-state index in [-0.39, 0.29) is 18.4 Å². The van der Waals surface area contributed by atoms with Crippen molar-refractivity contribution in [3.8, 4) is 28.6 Å². The molecule has 3 rings (SSSR count). The molecule has 2 N–H and O–H groups in total. The summed E-state index contributed by atoms with van der Waals surface area (Å²) in [6, 6.07) is 12.8. The van der Waals surface area contributed by atoms with E-state index in [9.17, 15) is 4.79 Å². The van der Waals surface area contributed by atoms with Crippen molar-refractivity contribution in [2.45, 2.75) is 25.9 Å². The third-order valence-corrected chi connectivity index (χ3v) is 5.26. The Bertz CT molecular complexity index is 1090. The van der Waals surface area contributed by atoms with Crippen LogP contribution in [0.15, 0.2) is 42.5 Å². The fraction of sp³-hybridized carbons (Fsp3) is 0.318. The number of H-pyrrole nitrogens is 1. The van der Waals surface area contributed by atoms with Crippen molar-refractivity contribution >= 4 is 18.1 Å². The summed E-state index contributed by atoms with van der Waals surface area (Å²) in [5, 5.41) is 10.1. The lowest BCUT2D eigenvalue weighted by atomic mass is 10.1. The molecule has 3 aromatic rings. The molecule has 1 heterocycles. The number of carbonyl (C=O) groups excluding carboxylic acids is 1. The van der Waals surface area contributed by atoms with Gasteiger partial charge in [0, 0.05) is 24.1 Å². The molecular weight excluding hydrogens is 416 g/mol. The molecule has 0 aliphatic carbocycles. The summed E-state index contributed by atoms with van der Waals surface area (Å²) in [5.41, 5.74) is 1.72. The van der Waals surface area contributed by atoms with Gasteiger partial charge in [0.05, 0.1) is 27.4 Å². The van der Waals surface area contributed by atoms with Crippen molar-refractivity contribution in [1.82, 2.24) is 20.1 Å². The fourth-order valence-electron chi connectivity index (χ4n) is 3.27. The molecule has 164 valence electrons. The van der Waals surface area contributed by atoms with E-state index in [0.717, 1.165) is 16.9 Å². The molecule has 9 heteroatoms. The van der Waals surface area contributed by atoms with Gasteiger partial charge in [-0.05, 0) is 61.6 Å². The van der Waals surface area contributed by atoms with Gasteiger partial charge in [0.25, 0.3) is 0 Å². The van der Waals surface area contributed by atoms with E-state index in [1.165, 1.54) is 0 Å². The predicted octanol–water partition coefficient (Wildman–Crippen LogP) is 3.90. The number of ether oxygens (including phenoxy) is 3. The Morgan fingerprint density at radius 1 is 1.10 bits per heavy atom. The Morgan fingerprint density at radius 3 is 2.42 bits per heavy atom. The molecule has 8 nitrogen and oxygen atoms in total. The van der Waals surface area contributed by atoms with Gasteiger partial charge >= 0.3 is 0 Å². The number of rotatable bonds is 9. The lowest BCUT2D eigenvalue weighted by Crippen LogP contribution is -2.27. The Balaban J connectivity index is 1.69. The summed E-state index contributed by atoms with van der Waals surface area (Å²) in [6.45, 7) is 2.30. The highest BCUT2D eigenvalue weighted by atomic mass is 32.1. The summed E-state index contributed by atoms with van der Waals surface area (Å²) in [4.78, 5) is 12.6. The largest absolute Gasteiger partial charge is 0.497 e. The van der Waals surface area contributed by atoms with Crippen molar-refractivity contribution in [1.29, 1.82) is 0 Å². The molecule has 1 unspecified atom stereocenters. The average Bonchev–Trinajstić information content (AvgIpc) is 3.17. The standard InChI is InChI=1S/C22H26N4O4S/c1-14(18-13-17(29-3)9-10-19(18)30-4)23-20(27)11-12-26-21(24-25-22(26)31)15-5-7-16(28-2)8-6-15/h5-10,13-14H,11-12H2,1-4H3,(H,23,27)(H,25,31). The molecule has 1 aromatic heterocycles. The average molecular weight is 443 g/mol. The van der Waals surface area contributed by atoms with Crippen LogP contribution in [0.25, 0.3) is 11.4 Å². The highest BCUT2D eigenvalue weighted by Gasteiger charge is 2.16. The summed E-state index contributed by atoms with van der Waals surface area (Å²) >= 11 is 5.36. The first-order valence-electron chi connectivity index (χ1n) is 9.77. The first-order chi connectivity index (χ1) is 15.0. The van der Waals surface area contributed by atoms with Crippen LogP contribution in [0.2, 0.25) is 0 Å². The van der Waals surface area contributed by atoms with E-state index < -0.39 is 0 Å². The van der Waals surface area contributed by atoms with Crippen molar-refractivity contribution in [3.63, 3.8) is 0 Å². The van der Waals surface area contributed by atoms with Gasteiger partial charge in [-0.3, -0.25) is 14.5 Å². The van der Waals surface area contributed by atoms with Crippen LogP contribution in [0, 0.1) is 4.77 Å². The van der Waals surface area contributed by atoms with Gasteiger partial charge < -0.3 is 19.5 Å². The van der Waals surface area contributed by atoms with E-state index in [0.29, 0.717) is 28.6 Å². The van der Waals surface area contributed by atoms with Gasteiger partial charge in [-0.1, -0.05) is 0 Å². The number of nitrogens with one attached hydrogen (secondary N) is 2. The second-order valence-electron chi connectivity index (χ2n) is 6.88. The molecule has 0 fully saturated rings. The summed E-state index contributed by atoms with van der Waals surface area (Å²) < 4.78 is 18.2. The molecule has 0 saturated carbocycles. The molecule has 0 bridgehead atoms. The number of nitrogens with zero attached hydrogens (tertiary/aromatic N) is 2. The minimum Gasteiger partial charge on any atom is -0.497 e. The smallest absolute Gasteiger partial charge is 0.222 e. The van der Waals surface area contributed by atoms with Crippen LogP contribution in [-0.4, -0.2) is 42.0 Å². The van der Waals surface area contributed by atoms with Crippen LogP contribution < -0.4 is 19.5 Å². The Morgan fingerprint density at radius 2 is 1.77 bits per heavy atom. The van der Waals surface area contributed by atoms with E-state index in [4.69, 9.17) is 26.4 Å². The minimum absolute atomic E-state index is 0.110. The minimum atomic E-state index is -0.254. The van der Waals surface area contributed by atoms with Crippen LogP contribution in [0.4, 0.5) is 0 Å². The maximum absolute atomic E-state index is 12.6. The monoisotopic (exact) mass is 442 g/mol. The molecule has 2 aromatic carbocycles. The van der Waals surface area contributed by atoms with Crippen molar-refractivity contribution in [2.24, 2.45) is 0 Å². The maximum atomic E-state index is 12.6. The quantitative estimate of drug-likeness (QED) is 0.489. The lowest BCUT2D eigenvalue weighted by molar-refractivity contribution is -0.121. The number of methoxy groups -OCH3 is 3. The topological polar surface area (TPSA) is 90.4 Å². The highest BCUT2D eigenvalue weighted by Crippen LogP contribution is 2.29. The molecule has 0 radical (unpaired) electrons. The second-order valence-corrected chi connectivity index (χ2v) is 7.27. The molecule has 1 atom stereocenters. The van der Waals surface area contributed by atoms with Crippen molar-refractivity contribution < 1.29 is 19.0 Å². The SMILES string of the molecule is COc1ccc(-c2n[nH]c(=S)n2CCC(=O)NC(C)c2cc(OC)ccc2OC)cc1. The van der Waals surface area contributed by atoms with E-state index in [2.05, 4.69) is 15.5 Å². The third kappa shape index (κ3) is 5.24. The molecule has 0 aliphatic heterocycles. The van der Waals surface area contributed by atoms with E-state index in [1.54, 1.807) is 21.3 Å². The Kier molecular flexibility index (Phi) is 7.30. The number of carbonyl (C=O) groups is 1. The zero-order valence-electron chi connectivity index (χ0n) is 18.0. The normalized spacial score (nSPS) is 11.6.